The summed E-state index contributed by atoms with van der Waals surface area (Å²) >= 11 is 0. The maximum atomic E-state index is 5.67. The van der Waals surface area contributed by atoms with Crippen molar-refractivity contribution in [2.24, 2.45) is 0 Å². The van der Waals surface area contributed by atoms with Crippen LogP contribution >= 0.6 is 0 Å². The summed E-state index contributed by atoms with van der Waals surface area (Å²) in [6.45, 7) is 4.78. The van der Waals surface area contributed by atoms with Crippen molar-refractivity contribution in [2.45, 2.75) is 19.3 Å². The Morgan fingerprint density at radius 3 is 1.10 bits per heavy atom. The van der Waals surface area contributed by atoms with E-state index in [-0.39, 0.29) is 5.41 Å². The average molecular weight is 1350 g/mol. The molecule has 496 valence electrons. The zero-order chi connectivity index (χ0) is 70.4. The molecular formula is C101H67N5. The maximum absolute atomic E-state index is 5.67. The third-order valence-electron chi connectivity index (χ3n) is 21.8. The number of hydrogen-bond acceptors (Lipinski definition) is 4. The van der Waals surface area contributed by atoms with Crippen molar-refractivity contribution in [2.75, 3.05) is 0 Å². The van der Waals surface area contributed by atoms with Crippen LogP contribution in [0, 0.1) is 0 Å². The molecule has 5 nitrogen and oxygen atoms in total. The summed E-state index contributed by atoms with van der Waals surface area (Å²) in [4.78, 5) is 22.4. The fraction of sp³-hybridized carbons (Fsp3) is 0.0297. The highest BCUT2D eigenvalue weighted by molar-refractivity contribution is 6.26. The van der Waals surface area contributed by atoms with Gasteiger partial charge in [0.05, 0.1) is 33.8 Å². The van der Waals surface area contributed by atoms with Crippen molar-refractivity contribution in [3.05, 3.63) is 381 Å². The third kappa shape index (κ3) is 10.5. The van der Waals surface area contributed by atoms with E-state index in [1.165, 1.54) is 76.4 Å². The Hall–Kier alpha value is -13.7. The smallest absolute Gasteiger partial charge is 0.160 e. The van der Waals surface area contributed by atoms with Crippen LogP contribution < -0.4 is 0 Å². The number of benzene rings is 16. The van der Waals surface area contributed by atoms with Crippen molar-refractivity contribution in [3.63, 3.8) is 0 Å². The van der Waals surface area contributed by atoms with E-state index in [4.69, 9.17) is 19.9 Å². The minimum absolute atomic E-state index is 0.305. The maximum Gasteiger partial charge on any atom is 0.160 e. The highest BCUT2D eigenvalue weighted by atomic mass is 15.0. The molecule has 20 rings (SSSR count). The minimum Gasteiger partial charge on any atom is -0.309 e. The van der Waals surface area contributed by atoms with Crippen LogP contribution in [0.4, 0.5) is 0 Å². The molecule has 1 aliphatic rings. The molecular weight excluding hydrogens is 1280 g/mol. The van der Waals surface area contributed by atoms with Gasteiger partial charge < -0.3 is 4.57 Å². The number of hydrogen-bond donors (Lipinski definition) is 0. The van der Waals surface area contributed by atoms with E-state index >= 15 is 0 Å². The van der Waals surface area contributed by atoms with Crippen LogP contribution in [-0.4, -0.2) is 24.5 Å². The summed E-state index contributed by atoms with van der Waals surface area (Å²) in [5.74, 6) is 1.30. The topological polar surface area (TPSA) is 56.5 Å². The first-order chi connectivity index (χ1) is 52.3. The predicted octanol–water partition coefficient (Wildman–Crippen LogP) is 26.5. The highest BCUT2D eigenvalue weighted by Crippen LogP contribution is 2.54. The summed E-state index contributed by atoms with van der Waals surface area (Å²) in [6.07, 6.45) is 0. The summed E-state index contributed by atoms with van der Waals surface area (Å²) in [5, 5.41) is 9.95. The quantitative estimate of drug-likeness (QED) is 0.114. The minimum atomic E-state index is -0.305. The largest absolute Gasteiger partial charge is 0.309 e. The van der Waals surface area contributed by atoms with Gasteiger partial charge in [-0.25, -0.2) is 19.9 Å². The number of aromatic nitrogens is 5. The number of rotatable bonds is 12. The first-order valence-electron chi connectivity index (χ1n) is 36.4. The lowest BCUT2D eigenvalue weighted by Crippen LogP contribution is -2.16. The predicted molar refractivity (Wildman–Crippen MR) is 442 cm³/mol. The highest BCUT2D eigenvalue weighted by Gasteiger charge is 2.39. The van der Waals surface area contributed by atoms with Gasteiger partial charge in [0, 0.05) is 66.4 Å². The molecule has 0 unspecified atom stereocenters. The number of fused-ring (bicyclic) bond motifs is 13. The molecule has 3 heterocycles. The molecule has 0 bridgehead atoms. The van der Waals surface area contributed by atoms with Crippen LogP contribution in [0.3, 0.4) is 0 Å². The van der Waals surface area contributed by atoms with E-state index in [1.54, 1.807) is 0 Å². The summed E-state index contributed by atoms with van der Waals surface area (Å²) in [6, 6.07) is 134. The van der Waals surface area contributed by atoms with Crippen LogP contribution in [0.5, 0.6) is 0 Å². The van der Waals surface area contributed by atoms with Crippen LogP contribution in [0.2, 0.25) is 0 Å². The molecule has 0 atom stereocenters. The molecule has 0 radical (unpaired) electrons. The van der Waals surface area contributed by atoms with Gasteiger partial charge in [0.1, 0.15) is 0 Å². The second kappa shape index (κ2) is 25.3. The van der Waals surface area contributed by atoms with Gasteiger partial charge in [0.15, 0.2) is 11.6 Å². The lowest BCUT2D eigenvalue weighted by molar-refractivity contribution is 0.664. The van der Waals surface area contributed by atoms with Crippen LogP contribution in [0.25, 0.3) is 194 Å². The van der Waals surface area contributed by atoms with Crippen molar-refractivity contribution >= 4 is 54.1 Å². The van der Waals surface area contributed by atoms with E-state index in [1.807, 2.05) is 0 Å². The van der Waals surface area contributed by atoms with Gasteiger partial charge in [0.2, 0.25) is 0 Å². The fourth-order valence-electron chi connectivity index (χ4n) is 16.8. The Morgan fingerprint density at radius 2 is 0.575 bits per heavy atom. The van der Waals surface area contributed by atoms with Gasteiger partial charge in [-0.2, -0.15) is 0 Å². The summed E-state index contributed by atoms with van der Waals surface area (Å²) in [5.41, 5.74) is 28.4. The van der Waals surface area contributed by atoms with Crippen molar-refractivity contribution in [1.82, 2.24) is 24.5 Å². The third-order valence-corrected chi connectivity index (χ3v) is 21.8. The molecule has 16 aromatic carbocycles. The normalized spacial score (nSPS) is 12.3. The molecule has 0 N–H and O–H groups in total. The SMILES string of the molecule is CC1(C)c2ccccc2-c2ccc3c4cc(-c5ccc(-c6nc(-c7cccc(-c8cccc(-c9ccc%10c%11ccccc%11c%11ccccc%11c%10c9)c8)c7)nc(-c7ccccc7)c6-c6ccccc6)cc5)ccc4n(-c4cccc(-c5nc(-c6ccccc6)c(-c6ccccc6)c(-c6ccccc6)n5)c4)c3c21. The second-order valence-corrected chi connectivity index (χ2v) is 28.3. The summed E-state index contributed by atoms with van der Waals surface area (Å²) < 4.78 is 2.51. The Labute approximate surface area is 615 Å². The lowest BCUT2D eigenvalue weighted by atomic mass is 9.81. The molecule has 0 saturated heterocycles. The molecule has 0 aliphatic heterocycles. The van der Waals surface area contributed by atoms with E-state index < -0.39 is 0 Å². The fourth-order valence-corrected chi connectivity index (χ4v) is 16.8. The first-order valence-corrected chi connectivity index (χ1v) is 36.4. The second-order valence-electron chi connectivity index (χ2n) is 28.3. The van der Waals surface area contributed by atoms with Gasteiger partial charge >= 0.3 is 0 Å². The molecule has 0 saturated carbocycles. The molecule has 19 aromatic rings. The Morgan fingerprint density at radius 1 is 0.226 bits per heavy atom. The molecule has 3 aromatic heterocycles. The number of nitrogens with zero attached hydrogens (tertiary/aromatic N) is 5. The van der Waals surface area contributed by atoms with Crippen molar-refractivity contribution < 1.29 is 0 Å². The van der Waals surface area contributed by atoms with E-state index in [9.17, 15) is 0 Å². The van der Waals surface area contributed by atoms with E-state index in [2.05, 4.69) is 388 Å². The van der Waals surface area contributed by atoms with Crippen molar-refractivity contribution in [1.29, 1.82) is 0 Å². The van der Waals surface area contributed by atoms with Gasteiger partial charge in [-0.15, -0.1) is 0 Å². The zero-order valence-electron chi connectivity index (χ0n) is 58.5. The van der Waals surface area contributed by atoms with E-state index in [0.29, 0.717) is 11.6 Å². The average Bonchev–Trinajstić information content (AvgIpc) is 1.53. The Bertz CT molecular complexity index is 6590. The van der Waals surface area contributed by atoms with Gasteiger partial charge in [0.25, 0.3) is 0 Å². The molecule has 1 aliphatic carbocycles. The monoisotopic (exact) mass is 1350 g/mol. The Kier molecular flexibility index (Phi) is 14.8. The molecule has 106 heavy (non-hydrogen) atoms. The van der Waals surface area contributed by atoms with Gasteiger partial charge in [-0.3, -0.25) is 0 Å². The van der Waals surface area contributed by atoms with Crippen LogP contribution in [-0.2, 0) is 5.41 Å². The molecule has 0 fully saturated rings. The zero-order valence-corrected chi connectivity index (χ0v) is 58.5. The van der Waals surface area contributed by atoms with Gasteiger partial charge in [-0.05, 0) is 142 Å². The van der Waals surface area contributed by atoms with Gasteiger partial charge in [-0.1, -0.05) is 341 Å². The lowest BCUT2D eigenvalue weighted by Gasteiger charge is -2.23. The standard InChI is InChI=1S/C101H67N5/c1-101(2)89-48-23-22-47-84(89)85-56-57-86-88-63-74(54-58-90(88)106(98(86)93(85)101)78-42-26-41-77(61-78)100-103-94(67-31-12-5-13-32-67)91(65-27-8-3-9-28-65)95(104-100)68-33-14-6-15-34-68)64-49-51-70(52-50-64)97-92(66-29-10-4-11-30-66)96(69-35-16-7-17-36-69)102-99(105-97)76-40-25-39-73(60-76)71-37-24-38-72(59-71)75-53-55-83-81-45-19-18-43-79(81)80-44-20-21-46-82(80)87(83)62-75/h3-63H,1-2H3. The first kappa shape index (κ1) is 62.1. The molecule has 0 spiro atoms. The molecule has 0 amide bonds. The van der Waals surface area contributed by atoms with Crippen LogP contribution in [0.15, 0.2) is 370 Å². The van der Waals surface area contributed by atoms with E-state index in [0.717, 1.165) is 117 Å². The van der Waals surface area contributed by atoms with Crippen LogP contribution in [0.1, 0.15) is 25.0 Å². The Balaban J connectivity index is 0.709. The molecule has 5 heteroatoms. The van der Waals surface area contributed by atoms with Crippen molar-refractivity contribution in [3.8, 4) is 140 Å². The summed E-state index contributed by atoms with van der Waals surface area (Å²) in [7, 11) is 0.